The summed E-state index contributed by atoms with van der Waals surface area (Å²) in [5.74, 6) is 1.65. The summed E-state index contributed by atoms with van der Waals surface area (Å²) in [6.45, 7) is 5.84. The Morgan fingerprint density at radius 2 is 1.93 bits per heavy atom. The zero-order valence-electron chi connectivity index (χ0n) is 17.6. The summed E-state index contributed by atoms with van der Waals surface area (Å²) in [7, 11) is 1.75. The highest BCUT2D eigenvalue weighted by Crippen LogP contribution is 2.19. The van der Waals surface area contributed by atoms with E-state index in [9.17, 15) is 4.79 Å². The predicted octanol–water partition coefficient (Wildman–Crippen LogP) is 4.24. The topological polar surface area (TPSA) is 62.5 Å². The maximum absolute atomic E-state index is 12.8. The third-order valence-electron chi connectivity index (χ3n) is 5.57. The molecule has 30 heavy (non-hydrogen) atoms. The van der Waals surface area contributed by atoms with Gasteiger partial charge in [0, 0.05) is 31.3 Å². The van der Waals surface area contributed by atoms with E-state index >= 15 is 0 Å². The fraction of sp³-hybridized carbons (Fsp3) is 0.375. The minimum Gasteiger partial charge on any atom is -0.337 e. The van der Waals surface area contributed by atoms with Gasteiger partial charge in [-0.15, -0.1) is 0 Å². The first-order valence-electron chi connectivity index (χ1n) is 10.5. The Kier molecular flexibility index (Phi) is 6.23. The van der Waals surface area contributed by atoms with E-state index in [1.165, 1.54) is 18.4 Å². The van der Waals surface area contributed by atoms with Crippen LogP contribution in [-0.2, 0) is 13.1 Å². The fourth-order valence-corrected chi connectivity index (χ4v) is 3.96. The molecule has 3 aromatic rings. The summed E-state index contributed by atoms with van der Waals surface area (Å²) < 4.78 is 5.33. The number of carbonyl (C=O) groups excluding carboxylic acids is 1. The molecule has 2 heterocycles. The molecule has 156 valence electrons. The van der Waals surface area contributed by atoms with Crippen molar-refractivity contribution in [1.82, 2.24) is 19.9 Å². The molecule has 6 nitrogen and oxygen atoms in total. The van der Waals surface area contributed by atoms with Crippen LogP contribution in [-0.4, -0.2) is 46.0 Å². The maximum Gasteiger partial charge on any atom is 0.254 e. The van der Waals surface area contributed by atoms with Crippen LogP contribution in [0.5, 0.6) is 0 Å². The molecule has 1 fully saturated rings. The number of amides is 1. The lowest BCUT2D eigenvalue weighted by Gasteiger charge is -2.30. The average Bonchev–Trinajstić information content (AvgIpc) is 3.23. The fourth-order valence-electron chi connectivity index (χ4n) is 3.96. The molecule has 1 unspecified atom stereocenters. The number of benzene rings is 2. The second-order valence-electron chi connectivity index (χ2n) is 8.22. The number of carbonyl (C=O) groups is 1. The number of nitrogens with zero attached hydrogens (tertiary/aromatic N) is 4. The summed E-state index contributed by atoms with van der Waals surface area (Å²) in [5, 5.41) is 4.02. The molecule has 1 atom stereocenters. The third kappa shape index (κ3) is 4.94. The minimum absolute atomic E-state index is 0.0624. The van der Waals surface area contributed by atoms with Crippen molar-refractivity contribution in [2.24, 2.45) is 5.92 Å². The molecule has 2 aromatic carbocycles. The van der Waals surface area contributed by atoms with Gasteiger partial charge in [-0.1, -0.05) is 54.5 Å². The molecule has 1 aliphatic heterocycles. The zero-order chi connectivity index (χ0) is 20.9. The van der Waals surface area contributed by atoms with Gasteiger partial charge in [0.1, 0.15) is 0 Å². The third-order valence-corrected chi connectivity index (χ3v) is 5.57. The first-order valence-corrected chi connectivity index (χ1v) is 10.5. The molecule has 0 saturated carbocycles. The molecule has 0 bridgehead atoms. The lowest BCUT2D eigenvalue weighted by molar-refractivity contribution is 0.0769. The highest BCUT2D eigenvalue weighted by Gasteiger charge is 2.18. The molecule has 1 aromatic heterocycles. The van der Waals surface area contributed by atoms with E-state index in [4.69, 9.17) is 4.52 Å². The number of aromatic nitrogens is 2. The van der Waals surface area contributed by atoms with Gasteiger partial charge in [0.05, 0.1) is 6.54 Å². The Morgan fingerprint density at radius 1 is 1.17 bits per heavy atom. The zero-order valence-corrected chi connectivity index (χ0v) is 17.6. The Morgan fingerprint density at radius 3 is 2.67 bits per heavy atom. The number of hydrogen-bond acceptors (Lipinski definition) is 5. The smallest absolute Gasteiger partial charge is 0.254 e. The van der Waals surface area contributed by atoms with E-state index < -0.39 is 0 Å². The Labute approximate surface area is 177 Å². The normalized spacial score (nSPS) is 17.1. The van der Waals surface area contributed by atoms with E-state index in [1.807, 2.05) is 42.5 Å². The summed E-state index contributed by atoms with van der Waals surface area (Å²) in [4.78, 5) is 21.3. The van der Waals surface area contributed by atoms with Gasteiger partial charge in [0.2, 0.25) is 11.7 Å². The lowest BCUT2D eigenvalue weighted by Crippen LogP contribution is -2.33. The van der Waals surface area contributed by atoms with Crippen molar-refractivity contribution in [3.05, 3.63) is 71.6 Å². The Bertz CT molecular complexity index is 968. The molecule has 0 spiro atoms. The van der Waals surface area contributed by atoms with Gasteiger partial charge in [0.15, 0.2) is 0 Å². The number of hydrogen-bond donors (Lipinski definition) is 0. The predicted molar refractivity (Wildman–Crippen MR) is 116 cm³/mol. The van der Waals surface area contributed by atoms with Crippen LogP contribution < -0.4 is 0 Å². The minimum atomic E-state index is -0.0624. The molecule has 4 rings (SSSR count). The van der Waals surface area contributed by atoms with Crippen molar-refractivity contribution < 1.29 is 9.32 Å². The second-order valence-corrected chi connectivity index (χ2v) is 8.22. The van der Waals surface area contributed by atoms with Crippen molar-refractivity contribution in [2.75, 3.05) is 20.1 Å². The van der Waals surface area contributed by atoms with Crippen LogP contribution >= 0.6 is 0 Å². The van der Waals surface area contributed by atoms with Crippen molar-refractivity contribution in [3.63, 3.8) is 0 Å². The maximum atomic E-state index is 12.8. The van der Waals surface area contributed by atoms with Gasteiger partial charge in [-0.25, -0.2) is 0 Å². The standard InChI is InChI=1S/C24H28N4O2/c1-18-7-6-14-28(15-18)16-19-10-12-21(13-11-19)24(29)27(2)17-22-25-23(26-30-22)20-8-4-3-5-9-20/h3-5,8-13,18H,6-7,14-17H2,1-2H3. The summed E-state index contributed by atoms with van der Waals surface area (Å²) in [6.07, 6.45) is 2.59. The van der Waals surface area contributed by atoms with Gasteiger partial charge in [-0.2, -0.15) is 4.98 Å². The van der Waals surface area contributed by atoms with Gasteiger partial charge in [-0.3, -0.25) is 9.69 Å². The quantitative estimate of drug-likeness (QED) is 0.615. The van der Waals surface area contributed by atoms with Crippen molar-refractivity contribution >= 4 is 5.91 Å². The molecular weight excluding hydrogens is 376 g/mol. The van der Waals surface area contributed by atoms with E-state index in [0.717, 1.165) is 31.1 Å². The Hall–Kier alpha value is -2.99. The van der Waals surface area contributed by atoms with Crippen molar-refractivity contribution in [2.45, 2.75) is 32.9 Å². The second kappa shape index (κ2) is 9.22. The SMILES string of the molecule is CC1CCCN(Cc2ccc(C(=O)N(C)Cc3nc(-c4ccccc4)no3)cc2)C1. The number of piperidine rings is 1. The highest BCUT2D eigenvalue weighted by molar-refractivity contribution is 5.94. The monoisotopic (exact) mass is 404 g/mol. The van der Waals surface area contributed by atoms with Gasteiger partial charge >= 0.3 is 0 Å². The van der Waals surface area contributed by atoms with Crippen LogP contribution in [0.15, 0.2) is 59.1 Å². The molecule has 1 amide bonds. The number of likely N-dealkylation sites (tertiary alicyclic amines) is 1. The summed E-state index contributed by atoms with van der Waals surface area (Å²) in [6, 6.07) is 17.6. The summed E-state index contributed by atoms with van der Waals surface area (Å²) >= 11 is 0. The van der Waals surface area contributed by atoms with E-state index in [-0.39, 0.29) is 12.5 Å². The molecule has 0 N–H and O–H groups in total. The van der Waals surface area contributed by atoms with Crippen LogP contribution in [0.25, 0.3) is 11.4 Å². The van der Waals surface area contributed by atoms with Crippen molar-refractivity contribution in [3.8, 4) is 11.4 Å². The Balaban J connectivity index is 1.35. The van der Waals surface area contributed by atoms with Gasteiger partial charge in [-0.05, 0) is 43.0 Å². The van der Waals surface area contributed by atoms with Crippen LogP contribution in [0, 0.1) is 5.92 Å². The molecule has 1 aliphatic rings. The molecule has 0 aliphatic carbocycles. The average molecular weight is 405 g/mol. The summed E-state index contributed by atoms with van der Waals surface area (Å²) in [5.41, 5.74) is 2.80. The van der Waals surface area contributed by atoms with Crippen LogP contribution in [0.2, 0.25) is 0 Å². The largest absolute Gasteiger partial charge is 0.337 e. The lowest BCUT2D eigenvalue weighted by atomic mass is 9.99. The van der Waals surface area contributed by atoms with Gasteiger partial charge in [0.25, 0.3) is 5.91 Å². The van der Waals surface area contributed by atoms with Crippen LogP contribution in [0.4, 0.5) is 0 Å². The van der Waals surface area contributed by atoms with E-state index in [2.05, 4.69) is 34.1 Å². The van der Waals surface area contributed by atoms with Crippen LogP contribution in [0.1, 0.15) is 41.6 Å². The first kappa shape index (κ1) is 20.3. The molecular formula is C24H28N4O2. The first-order chi connectivity index (χ1) is 14.6. The van der Waals surface area contributed by atoms with Gasteiger partial charge < -0.3 is 9.42 Å². The van der Waals surface area contributed by atoms with Crippen molar-refractivity contribution in [1.29, 1.82) is 0 Å². The number of rotatable bonds is 6. The van der Waals surface area contributed by atoms with E-state index in [0.29, 0.717) is 17.3 Å². The highest BCUT2D eigenvalue weighted by atomic mass is 16.5. The van der Waals surface area contributed by atoms with Crippen LogP contribution in [0.3, 0.4) is 0 Å². The molecule has 0 radical (unpaired) electrons. The molecule has 6 heteroatoms. The molecule has 1 saturated heterocycles. The van der Waals surface area contributed by atoms with E-state index in [1.54, 1.807) is 11.9 Å².